The van der Waals surface area contributed by atoms with E-state index in [1.165, 1.54) is 0 Å². The second kappa shape index (κ2) is 5.84. The molecule has 4 nitrogen and oxygen atoms in total. The number of hydrogen-bond donors (Lipinski definition) is 1. The molecule has 98 valence electrons. The van der Waals surface area contributed by atoms with Crippen molar-refractivity contribution in [3.63, 3.8) is 0 Å². The maximum Gasteiger partial charge on any atom is 0.258 e. The van der Waals surface area contributed by atoms with Crippen molar-refractivity contribution in [2.45, 2.75) is 6.92 Å². The average molecular weight is 321 g/mol. The standard InChI is InChI=1S/C14H13BrN2O2/c1-9-8-10(5-6-12(9)19-2)17-14(18)11-4-3-7-16-13(11)15/h3-8H,1-2H3,(H,17,18). The Morgan fingerprint density at radius 3 is 2.79 bits per heavy atom. The highest BCUT2D eigenvalue weighted by molar-refractivity contribution is 9.10. The van der Waals surface area contributed by atoms with Crippen molar-refractivity contribution in [2.24, 2.45) is 0 Å². The molecule has 0 radical (unpaired) electrons. The number of carbonyl (C=O) groups excluding carboxylic acids is 1. The largest absolute Gasteiger partial charge is 0.496 e. The lowest BCUT2D eigenvalue weighted by molar-refractivity contribution is 0.102. The van der Waals surface area contributed by atoms with Crippen molar-refractivity contribution < 1.29 is 9.53 Å². The second-order valence-corrected chi connectivity index (χ2v) is 4.73. The van der Waals surface area contributed by atoms with Crippen LogP contribution in [0, 0.1) is 6.92 Å². The summed E-state index contributed by atoms with van der Waals surface area (Å²) in [6.45, 7) is 1.93. The number of rotatable bonds is 3. The van der Waals surface area contributed by atoms with E-state index in [1.807, 2.05) is 19.1 Å². The van der Waals surface area contributed by atoms with Crippen molar-refractivity contribution in [3.8, 4) is 5.75 Å². The normalized spacial score (nSPS) is 10.1. The number of aromatic nitrogens is 1. The number of ether oxygens (including phenoxy) is 1. The molecule has 0 aliphatic heterocycles. The number of nitrogens with one attached hydrogen (secondary N) is 1. The molecule has 1 aromatic carbocycles. The highest BCUT2D eigenvalue weighted by Gasteiger charge is 2.11. The first-order chi connectivity index (χ1) is 9.11. The Balaban J connectivity index is 2.20. The van der Waals surface area contributed by atoms with Gasteiger partial charge in [0.25, 0.3) is 5.91 Å². The van der Waals surface area contributed by atoms with E-state index in [-0.39, 0.29) is 5.91 Å². The van der Waals surface area contributed by atoms with Crippen LogP contribution in [0.4, 0.5) is 5.69 Å². The number of carbonyl (C=O) groups is 1. The summed E-state index contributed by atoms with van der Waals surface area (Å²) in [5.41, 5.74) is 2.18. The van der Waals surface area contributed by atoms with Gasteiger partial charge < -0.3 is 10.1 Å². The van der Waals surface area contributed by atoms with Gasteiger partial charge in [0, 0.05) is 11.9 Å². The summed E-state index contributed by atoms with van der Waals surface area (Å²) in [7, 11) is 1.62. The molecule has 1 N–H and O–H groups in total. The summed E-state index contributed by atoms with van der Waals surface area (Å²) in [6, 6.07) is 8.92. The molecule has 1 aromatic heterocycles. The van der Waals surface area contributed by atoms with E-state index in [0.29, 0.717) is 10.2 Å². The van der Waals surface area contributed by atoms with E-state index in [1.54, 1.807) is 31.5 Å². The molecule has 0 bridgehead atoms. The summed E-state index contributed by atoms with van der Waals surface area (Å²) in [6.07, 6.45) is 1.62. The van der Waals surface area contributed by atoms with Crippen LogP contribution in [0.15, 0.2) is 41.1 Å². The van der Waals surface area contributed by atoms with E-state index >= 15 is 0 Å². The number of halogens is 1. The molecule has 0 atom stereocenters. The van der Waals surface area contributed by atoms with Crippen molar-refractivity contribution in [1.29, 1.82) is 0 Å². The van der Waals surface area contributed by atoms with Gasteiger partial charge in [0.05, 0.1) is 12.7 Å². The summed E-state index contributed by atoms with van der Waals surface area (Å²) >= 11 is 3.26. The Bertz CT molecular complexity index is 614. The van der Waals surface area contributed by atoms with Crippen LogP contribution in [-0.4, -0.2) is 18.0 Å². The van der Waals surface area contributed by atoms with Gasteiger partial charge in [-0.1, -0.05) is 0 Å². The van der Waals surface area contributed by atoms with Crippen molar-refractivity contribution in [1.82, 2.24) is 4.98 Å². The molecule has 0 spiro atoms. The van der Waals surface area contributed by atoms with Crippen LogP contribution in [-0.2, 0) is 0 Å². The van der Waals surface area contributed by atoms with E-state index in [2.05, 4.69) is 26.2 Å². The van der Waals surface area contributed by atoms with Gasteiger partial charge >= 0.3 is 0 Å². The first-order valence-electron chi connectivity index (χ1n) is 5.68. The van der Waals surface area contributed by atoms with Crippen LogP contribution in [0.1, 0.15) is 15.9 Å². The molecule has 1 heterocycles. The van der Waals surface area contributed by atoms with Crippen LogP contribution < -0.4 is 10.1 Å². The minimum Gasteiger partial charge on any atom is -0.496 e. The highest BCUT2D eigenvalue weighted by atomic mass is 79.9. The van der Waals surface area contributed by atoms with Gasteiger partial charge in [0.1, 0.15) is 10.4 Å². The van der Waals surface area contributed by atoms with Gasteiger partial charge in [-0.15, -0.1) is 0 Å². The Morgan fingerprint density at radius 2 is 2.16 bits per heavy atom. The van der Waals surface area contributed by atoms with Crippen LogP contribution in [0.25, 0.3) is 0 Å². The SMILES string of the molecule is COc1ccc(NC(=O)c2cccnc2Br)cc1C. The second-order valence-electron chi connectivity index (χ2n) is 3.98. The molecule has 2 rings (SSSR count). The predicted molar refractivity (Wildman–Crippen MR) is 77.6 cm³/mol. The monoisotopic (exact) mass is 320 g/mol. The van der Waals surface area contributed by atoms with Gasteiger partial charge in [-0.3, -0.25) is 4.79 Å². The number of methoxy groups -OCH3 is 1. The molecule has 0 saturated carbocycles. The number of benzene rings is 1. The lowest BCUT2D eigenvalue weighted by atomic mass is 10.2. The highest BCUT2D eigenvalue weighted by Crippen LogP contribution is 2.22. The molecular weight excluding hydrogens is 308 g/mol. The van der Waals surface area contributed by atoms with Gasteiger partial charge in [-0.2, -0.15) is 0 Å². The molecule has 0 aliphatic rings. The molecule has 2 aromatic rings. The lowest BCUT2D eigenvalue weighted by Crippen LogP contribution is -2.13. The summed E-state index contributed by atoms with van der Waals surface area (Å²) < 4.78 is 5.70. The van der Waals surface area contributed by atoms with E-state index in [0.717, 1.165) is 17.0 Å². The Labute approximate surface area is 119 Å². The quantitative estimate of drug-likeness (QED) is 0.882. The van der Waals surface area contributed by atoms with E-state index in [9.17, 15) is 4.79 Å². The van der Waals surface area contributed by atoms with Crippen molar-refractivity contribution in [2.75, 3.05) is 12.4 Å². The summed E-state index contributed by atoms with van der Waals surface area (Å²) in [4.78, 5) is 16.1. The first kappa shape index (κ1) is 13.5. The van der Waals surface area contributed by atoms with Crippen LogP contribution in [0.3, 0.4) is 0 Å². The zero-order chi connectivity index (χ0) is 13.8. The average Bonchev–Trinajstić information content (AvgIpc) is 2.39. The number of hydrogen-bond acceptors (Lipinski definition) is 3. The number of amides is 1. The Hall–Kier alpha value is -1.88. The predicted octanol–water partition coefficient (Wildman–Crippen LogP) is 3.41. The molecule has 0 aliphatic carbocycles. The molecule has 0 unspecified atom stereocenters. The minimum atomic E-state index is -0.204. The third-order valence-electron chi connectivity index (χ3n) is 2.66. The zero-order valence-electron chi connectivity index (χ0n) is 10.6. The van der Waals surface area contributed by atoms with Crippen molar-refractivity contribution >= 4 is 27.5 Å². The summed E-state index contributed by atoms with van der Waals surface area (Å²) in [5.74, 6) is 0.588. The third-order valence-corrected chi connectivity index (χ3v) is 3.29. The molecule has 19 heavy (non-hydrogen) atoms. The van der Waals surface area contributed by atoms with Crippen LogP contribution in [0.2, 0.25) is 0 Å². The maximum atomic E-state index is 12.1. The fourth-order valence-corrected chi connectivity index (χ4v) is 2.14. The molecule has 0 saturated heterocycles. The Kier molecular flexibility index (Phi) is 4.16. The van der Waals surface area contributed by atoms with Gasteiger partial charge in [-0.25, -0.2) is 4.98 Å². The maximum absolute atomic E-state index is 12.1. The fourth-order valence-electron chi connectivity index (χ4n) is 1.71. The van der Waals surface area contributed by atoms with Crippen molar-refractivity contribution in [3.05, 3.63) is 52.3 Å². The third kappa shape index (κ3) is 3.12. The summed E-state index contributed by atoms with van der Waals surface area (Å²) in [5, 5.41) is 2.83. The smallest absolute Gasteiger partial charge is 0.258 e. The van der Waals surface area contributed by atoms with Gasteiger partial charge in [0.15, 0.2) is 0 Å². The number of anilines is 1. The lowest BCUT2D eigenvalue weighted by Gasteiger charge is -2.09. The molecule has 0 fully saturated rings. The topological polar surface area (TPSA) is 51.2 Å². The van der Waals surface area contributed by atoms with Gasteiger partial charge in [-0.05, 0) is 58.7 Å². The van der Waals surface area contributed by atoms with E-state index in [4.69, 9.17) is 4.74 Å². The number of pyridine rings is 1. The molecule has 1 amide bonds. The molecule has 5 heteroatoms. The zero-order valence-corrected chi connectivity index (χ0v) is 12.2. The fraction of sp³-hybridized carbons (Fsp3) is 0.143. The van der Waals surface area contributed by atoms with Gasteiger partial charge in [0.2, 0.25) is 0 Å². The first-order valence-corrected chi connectivity index (χ1v) is 6.47. The number of nitrogens with zero attached hydrogens (tertiary/aromatic N) is 1. The van der Waals surface area contributed by atoms with Crippen LogP contribution >= 0.6 is 15.9 Å². The van der Waals surface area contributed by atoms with Crippen LogP contribution in [0.5, 0.6) is 5.75 Å². The minimum absolute atomic E-state index is 0.204. The molecular formula is C14H13BrN2O2. The Morgan fingerprint density at radius 1 is 1.37 bits per heavy atom. The van der Waals surface area contributed by atoms with E-state index < -0.39 is 0 Å². The number of aryl methyl sites for hydroxylation is 1.